The topological polar surface area (TPSA) is 124 Å². The van der Waals surface area contributed by atoms with E-state index in [1.165, 1.54) is 4.88 Å². The highest BCUT2D eigenvalue weighted by molar-refractivity contribution is 7.14. The molecule has 2 amide bonds. The van der Waals surface area contributed by atoms with Crippen LogP contribution in [0.15, 0.2) is 54.6 Å². The van der Waals surface area contributed by atoms with Gasteiger partial charge in [0.25, 0.3) is 5.91 Å². The number of hydrogen-bond donors (Lipinski definition) is 4. The Morgan fingerprint density at radius 2 is 1.93 bits per heavy atom. The zero-order valence-electron chi connectivity index (χ0n) is 22.8. The van der Waals surface area contributed by atoms with Crippen LogP contribution < -0.4 is 16.4 Å². The van der Waals surface area contributed by atoms with Crippen LogP contribution in [-0.4, -0.2) is 74.3 Å². The SMILES string of the molecule is C=C(CN1Cc2c(-c3ccc(N)c(C(=N)c4ccc(CN5CCOCC5)s4)c3)ccc(NC)c2C1=O)C(=O)NC. The van der Waals surface area contributed by atoms with Gasteiger partial charge in [-0.1, -0.05) is 18.7 Å². The lowest BCUT2D eigenvalue weighted by atomic mass is 9.93. The molecule has 40 heavy (non-hydrogen) atoms. The average Bonchev–Trinajstić information content (AvgIpc) is 3.57. The van der Waals surface area contributed by atoms with Crippen molar-refractivity contribution in [2.45, 2.75) is 13.1 Å². The third kappa shape index (κ3) is 5.38. The predicted octanol–water partition coefficient (Wildman–Crippen LogP) is 3.55. The quantitative estimate of drug-likeness (QED) is 0.181. The van der Waals surface area contributed by atoms with Gasteiger partial charge in [-0.15, -0.1) is 11.3 Å². The highest BCUT2D eigenvalue weighted by Gasteiger charge is 2.33. The number of likely N-dealkylation sites (N-methyl/N-ethyl adjacent to an activating group) is 1. The van der Waals surface area contributed by atoms with Crippen molar-refractivity contribution in [3.05, 3.63) is 81.1 Å². The third-order valence-corrected chi connectivity index (χ3v) is 8.47. The van der Waals surface area contributed by atoms with Gasteiger partial charge in [-0.05, 0) is 47.0 Å². The molecule has 1 saturated heterocycles. The zero-order chi connectivity index (χ0) is 28.4. The highest BCUT2D eigenvalue weighted by Crippen LogP contribution is 2.38. The van der Waals surface area contributed by atoms with E-state index in [0.717, 1.165) is 60.1 Å². The van der Waals surface area contributed by atoms with Gasteiger partial charge in [0.2, 0.25) is 5.91 Å². The van der Waals surface area contributed by atoms with Crippen LogP contribution in [0.1, 0.15) is 31.2 Å². The Balaban J connectivity index is 1.44. The number of hydrogen-bond acceptors (Lipinski definition) is 8. The second-order valence-corrected chi connectivity index (χ2v) is 11.1. The highest BCUT2D eigenvalue weighted by atomic mass is 32.1. The molecule has 1 fully saturated rings. The van der Waals surface area contributed by atoms with E-state index in [1.807, 2.05) is 36.4 Å². The molecule has 0 radical (unpaired) electrons. The van der Waals surface area contributed by atoms with Gasteiger partial charge < -0.3 is 26.0 Å². The van der Waals surface area contributed by atoms with Gasteiger partial charge in [-0.2, -0.15) is 0 Å². The number of nitrogen functional groups attached to an aromatic ring is 1. The molecule has 0 atom stereocenters. The fourth-order valence-electron chi connectivity index (χ4n) is 5.21. The monoisotopic (exact) mass is 558 g/mol. The number of benzene rings is 2. The Labute approximate surface area is 238 Å². The largest absolute Gasteiger partial charge is 0.398 e. The molecule has 3 heterocycles. The summed E-state index contributed by atoms with van der Waals surface area (Å²) in [4.78, 5) is 31.5. The van der Waals surface area contributed by atoms with E-state index < -0.39 is 0 Å². The number of amides is 2. The number of morpholine rings is 1. The van der Waals surface area contributed by atoms with E-state index in [0.29, 0.717) is 34.6 Å². The Morgan fingerprint density at radius 1 is 1.15 bits per heavy atom. The summed E-state index contributed by atoms with van der Waals surface area (Å²) in [7, 11) is 3.33. The molecule has 2 aliphatic heterocycles. The summed E-state index contributed by atoms with van der Waals surface area (Å²) in [5.74, 6) is -0.442. The number of ether oxygens (including phenoxy) is 1. The van der Waals surface area contributed by atoms with Gasteiger partial charge in [0.1, 0.15) is 0 Å². The van der Waals surface area contributed by atoms with Crippen molar-refractivity contribution in [1.29, 1.82) is 5.41 Å². The molecule has 0 bridgehead atoms. The maximum atomic E-state index is 13.4. The number of carbonyl (C=O) groups is 2. The van der Waals surface area contributed by atoms with Crippen molar-refractivity contribution >= 4 is 40.2 Å². The number of carbonyl (C=O) groups excluding carboxylic acids is 2. The molecule has 1 aromatic heterocycles. The Morgan fingerprint density at radius 3 is 2.65 bits per heavy atom. The van der Waals surface area contributed by atoms with Crippen molar-refractivity contribution in [2.75, 3.05) is 58.0 Å². The molecule has 0 saturated carbocycles. The number of anilines is 2. The number of fused-ring (bicyclic) bond motifs is 1. The van der Waals surface area contributed by atoms with Gasteiger partial charge in [0, 0.05) is 67.7 Å². The van der Waals surface area contributed by atoms with Crippen molar-refractivity contribution < 1.29 is 14.3 Å². The predicted molar refractivity (Wildman–Crippen MR) is 160 cm³/mol. The lowest BCUT2D eigenvalue weighted by Crippen LogP contribution is -2.35. The lowest BCUT2D eigenvalue weighted by Gasteiger charge is -2.25. The lowest BCUT2D eigenvalue weighted by molar-refractivity contribution is -0.117. The second-order valence-electron chi connectivity index (χ2n) is 9.94. The van der Waals surface area contributed by atoms with E-state index in [9.17, 15) is 9.59 Å². The summed E-state index contributed by atoms with van der Waals surface area (Å²) in [5.41, 5.74) is 12.2. The average molecular weight is 559 g/mol. The first-order valence-electron chi connectivity index (χ1n) is 13.2. The molecule has 0 unspecified atom stereocenters. The van der Waals surface area contributed by atoms with Crippen LogP contribution in [0.5, 0.6) is 0 Å². The maximum absolute atomic E-state index is 13.4. The minimum absolute atomic E-state index is 0.137. The molecule has 2 aliphatic rings. The fourth-order valence-corrected chi connectivity index (χ4v) is 6.23. The van der Waals surface area contributed by atoms with Crippen LogP contribution in [-0.2, 0) is 22.6 Å². The summed E-state index contributed by atoms with van der Waals surface area (Å²) in [6.45, 7) is 8.51. The normalized spacial score (nSPS) is 15.2. The van der Waals surface area contributed by atoms with Gasteiger partial charge in [-0.3, -0.25) is 19.9 Å². The smallest absolute Gasteiger partial charge is 0.256 e. The van der Waals surface area contributed by atoms with E-state index in [2.05, 4.69) is 28.2 Å². The molecule has 5 N–H and O–H groups in total. The van der Waals surface area contributed by atoms with Gasteiger partial charge >= 0.3 is 0 Å². The van der Waals surface area contributed by atoms with Crippen LogP contribution in [0.3, 0.4) is 0 Å². The summed E-state index contributed by atoms with van der Waals surface area (Å²) in [6.07, 6.45) is 0. The Bertz CT molecular complexity index is 1490. The third-order valence-electron chi connectivity index (χ3n) is 7.39. The summed E-state index contributed by atoms with van der Waals surface area (Å²) in [6, 6.07) is 13.6. The van der Waals surface area contributed by atoms with E-state index in [-0.39, 0.29) is 18.4 Å². The number of nitrogens with two attached hydrogens (primary N) is 1. The molecule has 0 spiro atoms. The molecule has 208 valence electrons. The molecule has 5 rings (SSSR count). The van der Waals surface area contributed by atoms with Gasteiger partial charge in [-0.25, -0.2) is 0 Å². The zero-order valence-corrected chi connectivity index (χ0v) is 23.6. The van der Waals surface area contributed by atoms with Crippen LogP contribution in [0.25, 0.3) is 11.1 Å². The standard InChI is InChI=1S/C30H34N6O3S/c1-18(29(37)34-3)15-36-17-23-21(6-8-25(33-2)27(23)30(36)38)19-4-7-24(31)22(14-19)28(32)26-9-5-20(40-26)16-35-10-12-39-13-11-35/h4-9,14,32-33H,1,10-13,15-17,31H2,2-3H3,(H,34,37). The first kappa shape index (κ1) is 27.6. The van der Waals surface area contributed by atoms with Crippen molar-refractivity contribution in [2.24, 2.45) is 0 Å². The Hall–Kier alpha value is -3.99. The number of nitrogens with zero attached hydrogens (tertiary/aromatic N) is 2. The second kappa shape index (κ2) is 11.6. The molecule has 9 nitrogen and oxygen atoms in total. The first-order valence-corrected chi connectivity index (χ1v) is 14.0. The maximum Gasteiger partial charge on any atom is 0.256 e. The number of rotatable bonds is 9. The summed E-state index contributed by atoms with van der Waals surface area (Å²) < 4.78 is 5.45. The molecule has 0 aliphatic carbocycles. The van der Waals surface area contributed by atoms with Crippen molar-refractivity contribution in [1.82, 2.24) is 15.1 Å². The summed E-state index contributed by atoms with van der Waals surface area (Å²) >= 11 is 1.61. The minimum Gasteiger partial charge on any atom is -0.398 e. The van der Waals surface area contributed by atoms with Gasteiger partial charge in [0.15, 0.2) is 0 Å². The van der Waals surface area contributed by atoms with Crippen LogP contribution >= 0.6 is 11.3 Å². The summed E-state index contributed by atoms with van der Waals surface area (Å²) in [5, 5.41) is 14.7. The number of thiophene rings is 1. The molecule has 2 aromatic carbocycles. The molecule has 10 heteroatoms. The van der Waals surface area contributed by atoms with Crippen molar-refractivity contribution in [3.8, 4) is 11.1 Å². The number of nitrogens with one attached hydrogen (secondary N) is 3. The Kier molecular flexibility index (Phi) is 8.02. The minimum atomic E-state index is -0.291. The van der Waals surface area contributed by atoms with E-state index in [4.69, 9.17) is 15.9 Å². The van der Waals surface area contributed by atoms with Gasteiger partial charge in [0.05, 0.1) is 35.9 Å². The molecular weight excluding hydrogens is 524 g/mol. The first-order chi connectivity index (χ1) is 19.3. The molecular formula is C30H34N6O3S. The van der Waals surface area contributed by atoms with E-state index >= 15 is 0 Å². The van der Waals surface area contributed by atoms with Crippen molar-refractivity contribution in [3.63, 3.8) is 0 Å². The van der Waals surface area contributed by atoms with Crippen LogP contribution in [0.4, 0.5) is 11.4 Å². The molecule has 3 aromatic rings. The van der Waals surface area contributed by atoms with Crippen LogP contribution in [0, 0.1) is 5.41 Å². The van der Waals surface area contributed by atoms with Crippen LogP contribution in [0.2, 0.25) is 0 Å². The fraction of sp³-hybridized carbons (Fsp3) is 0.300. The van der Waals surface area contributed by atoms with E-state index in [1.54, 1.807) is 30.3 Å².